The minimum absolute atomic E-state index is 0.386. The maximum absolute atomic E-state index is 8.52. The molecule has 3 nitrogen and oxygen atoms in total. The first-order valence-corrected chi connectivity index (χ1v) is 6.05. The first-order chi connectivity index (χ1) is 7.79. The van der Waals surface area contributed by atoms with Crippen molar-refractivity contribution in [3.05, 3.63) is 24.0 Å². The molecule has 0 aromatic carbocycles. The second-order valence-corrected chi connectivity index (χ2v) is 4.06. The smallest absolute Gasteiger partial charge is 0.0622 e. The van der Waals surface area contributed by atoms with Crippen molar-refractivity contribution in [2.45, 2.75) is 45.7 Å². The van der Waals surface area contributed by atoms with Gasteiger partial charge in [-0.3, -0.25) is 0 Å². The van der Waals surface area contributed by atoms with Gasteiger partial charge in [-0.05, 0) is 38.4 Å². The Labute approximate surface area is 98.1 Å². The molecule has 16 heavy (non-hydrogen) atoms. The van der Waals surface area contributed by atoms with Gasteiger partial charge in [-0.25, -0.2) is 0 Å². The van der Waals surface area contributed by atoms with E-state index < -0.39 is 0 Å². The Balaban J connectivity index is 2.52. The van der Waals surface area contributed by atoms with Gasteiger partial charge in [0.1, 0.15) is 0 Å². The third-order valence-electron chi connectivity index (χ3n) is 2.70. The first-order valence-electron chi connectivity index (χ1n) is 6.05. The molecule has 88 valence electrons. The molecule has 1 aromatic rings. The summed E-state index contributed by atoms with van der Waals surface area (Å²) in [6, 6.07) is 6.80. The van der Waals surface area contributed by atoms with E-state index in [4.69, 9.17) is 5.26 Å². The van der Waals surface area contributed by atoms with Gasteiger partial charge >= 0.3 is 0 Å². The fourth-order valence-electron chi connectivity index (χ4n) is 1.82. The highest BCUT2D eigenvalue weighted by atomic mass is 15.0. The van der Waals surface area contributed by atoms with Crippen molar-refractivity contribution in [1.29, 1.82) is 5.26 Å². The average Bonchev–Trinajstić information content (AvgIpc) is 2.74. The molecule has 3 heteroatoms. The highest BCUT2D eigenvalue weighted by Gasteiger charge is 2.08. The lowest BCUT2D eigenvalue weighted by molar-refractivity contribution is 0.518. The van der Waals surface area contributed by atoms with E-state index in [0.717, 1.165) is 25.9 Å². The number of aryl methyl sites for hydroxylation is 1. The molecule has 1 aromatic heterocycles. The van der Waals surface area contributed by atoms with Crippen LogP contribution >= 0.6 is 0 Å². The third kappa shape index (κ3) is 3.71. The molecule has 0 aliphatic heterocycles. The number of rotatable bonds is 7. The topological polar surface area (TPSA) is 40.8 Å². The zero-order valence-corrected chi connectivity index (χ0v) is 10.2. The fourth-order valence-corrected chi connectivity index (χ4v) is 1.82. The lowest BCUT2D eigenvalue weighted by Crippen LogP contribution is -2.21. The summed E-state index contributed by atoms with van der Waals surface area (Å²) in [5, 5.41) is 12.0. The van der Waals surface area contributed by atoms with Gasteiger partial charge in [0.15, 0.2) is 0 Å². The van der Waals surface area contributed by atoms with Crippen LogP contribution in [0.15, 0.2) is 18.3 Å². The van der Waals surface area contributed by atoms with Crippen molar-refractivity contribution in [3.8, 4) is 6.07 Å². The van der Waals surface area contributed by atoms with Crippen LogP contribution in [0.2, 0.25) is 0 Å². The molecular weight excluding hydrogens is 198 g/mol. The maximum atomic E-state index is 8.52. The van der Waals surface area contributed by atoms with Gasteiger partial charge in [-0.1, -0.05) is 6.92 Å². The van der Waals surface area contributed by atoms with E-state index in [1.54, 1.807) is 0 Å². The van der Waals surface area contributed by atoms with E-state index >= 15 is 0 Å². The van der Waals surface area contributed by atoms with Gasteiger partial charge in [0.25, 0.3) is 0 Å². The maximum Gasteiger partial charge on any atom is 0.0622 e. The number of hydrogen-bond acceptors (Lipinski definition) is 2. The van der Waals surface area contributed by atoms with Crippen molar-refractivity contribution < 1.29 is 0 Å². The highest BCUT2D eigenvalue weighted by molar-refractivity contribution is 5.11. The second kappa shape index (κ2) is 7.08. The van der Waals surface area contributed by atoms with Crippen LogP contribution in [0.5, 0.6) is 0 Å². The largest absolute Gasteiger partial charge is 0.350 e. The first kappa shape index (κ1) is 12.8. The number of aromatic nitrogens is 1. The van der Waals surface area contributed by atoms with E-state index in [2.05, 4.69) is 48.1 Å². The summed E-state index contributed by atoms with van der Waals surface area (Å²) in [6.45, 7) is 6.34. The summed E-state index contributed by atoms with van der Waals surface area (Å²) >= 11 is 0. The quantitative estimate of drug-likeness (QED) is 0.716. The molecule has 0 aliphatic carbocycles. The molecule has 0 fully saturated rings. The van der Waals surface area contributed by atoms with Crippen LogP contribution < -0.4 is 5.32 Å². The molecule has 0 saturated heterocycles. The molecule has 1 atom stereocenters. The standard InChI is InChI=1S/C13H21N3/c1-3-9-15-12(2)13-7-6-11-16(13)10-5-4-8-14/h6-7,11-12,15H,3-5,9-10H2,1-2H3. The fraction of sp³-hybridized carbons (Fsp3) is 0.615. The van der Waals surface area contributed by atoms with Crippen LogP contribution in [-0.2, 0) is 6.54 Å². The Morgan fingerprint density at radius 2 is 2.38 bits per heavy atom. The Bertz CT molecular complexity index is 335. The van der Waals surface area contributed by atoms with Crippen LogP contribution in [0.25, 0.3) is 0 Å². The Kier molecular flexibility index (Phi) is 5.66. The minimum Gasteiger partial charge on any atom is -0.350 e. The van der Waals surface area contributed by atoms with Crippen molar-refractivity contribution in [3.63, 3.8) is 0 Å². The van der Waals surface area contributed by atoms with Crippen molar-refractivity contribution >= 4 is 0 Å². The van der Waals surface area contributed by atoms with Crippen molar-refractivity contribution in [2.75, 3.05) is 6.54 Å². The summed E-state index contributed by atoms with van der Waals surface area (Å²) in [4.78, 5) is 0. The number of nitrogens with zero attached hydrogens (tertiary/aromatic N) is 2. The van der Waals surface area contributed by atoms with E-state index in [0.29, 0.717) is 12.5 Å². The third-order valence-corrected chi connectivity index (χ3v) is 2.70. The number of hydrogen-bond donors (Lipinski definition) is 1. The normalized spacial score (nSPS) is 12.3. The van der Waals surface area contributed by atoms with Gasteiger partial charge in [0, 0.05) is 30.9 Å². The molecule has 0 amide bonds. The van der Waals surface area contributed by atoms with Crippen LogP contribution in [0.1, 0.15) is 44.8 Å². The number of unbranched alkanes of at least 4 members (excludes halogenated alkanes) is 1. The number of nitrogens with one attached hydrogen (secondary N) is 1. The lowest BCUT2D eigenvalue weighted by Gasteiger charge is -2.16. The van der Waals surface area contributed by atoms with Gasteiger partial charge in [-0.15, -0.1) is 0 Å². The van der Waals surface area contributed by atoms with Crippen LogP contribution in [0, 0.1) is 11.3 Å². The summed E-state index contributed by atoms with van der Waals surface area (Å²) in [7, 11) is 0. The van der Waals surface area contributed by atoms with Crippen molar-refractivity contribution in [2.24, 2.45) is 0 Å². The zero-order valence-electron chi connectivity index (χ0n) is 10.2. The molecule has 1 heterocycles. The summed E-state index contributed by atoms with van der Waals surface area (Å²) in [6.07, 6.45) is 4.81. The van der Waals surface area contributed by atoms with Gasteiger partial charge in [0.05, 0.1) is 6.07 Å². The zero-order chi connectivity index (χ0) is 11.8. The van der Waals surface area contributed by atoms with Crippen LogP contribution in [-0.4, -0.2) is 11.1 Å². The Morgan fingerprint density at radius 3 is 3.06 bits per heavy atom. The lowest BCUT2D eigenvalue weighted by atomic mass is 10.2. The van der Waals surface area contributed by atoms with Crippen LogP contribution in [0.3, 0.4) is 0 Å². The van der Waals surface area contributed by atoms with E-state index in [1.807, 2.05) is 0 Å². The summed E-state index contributed by atoms with van der Waals surface area (Å²) in [5.41, 5.74) is 1.31. The van der Waals surface area contributed by atoms with E-state index in [9.17, 15) is 0 Å². The molecule has 1 unspecified atom stereocenters. The van der Waals surface area contributed by atoms with Gasteiger partial charge in [-0.2, -0.15) is 5.26 Å². The van der Waals surface area contributed by atoms with Crippen LogP contribution in [0.4, 0.5) is 0 Å². The monoisotopic (exact) mass is 219 g/mol. The molecule has 1 rings (SSSR count). The van der Waals surface area contributed by atoms with Crippen molar-refractivity contribution in [1.82, 2.24) is 9.88 Å². The molecule has 0 spiro atoms. The van der Waals surface area contributed by atoms with Gasteiger partial charge < -0.3 is 9.88 Å². The Morgan fingerprint density at radius 1 is 1.56 bits per heavy atom. The second-order valence-electron chi connectivity index (χ2n) is 4.06. The SMILES string of the molecule is CCCNC(C)c1cccn1CCCC#N. The summed E-state index contributed by atoms with van der Waals surface area (Å²) < 4.78 is 2.24. The molecule has 0 radical (unpaired) electrons. The van der Waals surface area contributed by atoms with E-state index in [-0.39, 0.29) is 0 Å². The molecule has 0 bridgehead atoms. The molecule has 0 aliphatic rings. The van der Waals surface area contributed by atoms with E-state index in [1.165, 1.54) is 5.69 Å². The predicted molar refractivity (Wildman–Crippen MR) is 66.0 cm³/mol. The molecular formula is C13H21N3. The minimum atomic E-state index is 0.386. The highest BCUT2D eigenvalue weighted by Crippen LogP contribution is 2.14. The van der Waals surface area contributed by atoms with Gasteiger partial charge in [0.2, 0.25) is 0 Å². The number of nitriles is 1. The Hall–Kier alpha value is -1.27. The predicted octanol–water partition coefficient (Wildman–Crippen LogP) is 2.85. The summed E-state index contributed by atoms with van der Waals surface area (Å²) in [5.74, 6) is 0. The average molecular weight is 219 g/mol. The molecule has 1 N–H and O–H groups in total. The molecule has 0 saturated carbocycles.